The largest absolute Gasteiger partial charge is 0.330 e. The maximum Gasteiger partial charge on any atom is 0.330 e. The van der Waals surface area contributed by atoms with Crippen LogP contribution in [0, 0.1) is 13.8 Å². The number of thiophene rings is 1. The SMILES string of the molecule is Cc1sc2ncn(Cc3cc(=O)n(C)c(=O)n3C)c(=O)c2c1C. The molecule has 3 aromatic rings. The number of hydrogen-bond donors (Lipinski definition) is 0. The molecule has 3 rings (SSSR count). The van der Waals surface area contributed by atoms with Crippen molar-refractivity contribution in [3.05, 3.63) is 59.7 Å². The zero-order valence-corrected chi connectivity index (χ0v) is 14.1. The first-order valence-corrected chi connectivity index (χ1v) is 7.84. The second kappa shape index (κ2) is 5.31. The standard InChI is InChI=1S/C15H16N4O3S/c1-8-9(2)23-13-12(8)14(21)19(7-16-13)6-10-5-11(20)18(4)15(22)17(10)3/h5,7H,6H2,1-4H3. The molecule has 0 saturated heterocycles. The van der Waals surface area contributed by atoms with Gasteiger partial charge in [0.1, 0.15) is 4.83 Å². The van der Waals surface area contributed by atoms with Crippen molar-refractivity contribution in [2.75, 3.05) is 0 Å². The van der Waals surface area contributed by atoms with Crippen LogP contribution >= 0.6 is 11.3 Å². The van der Waals surface area contributed by atoms with E-state index in [1.54, 1.807) is 7.05 Å². The topological polar surface area (TPSA) is 78.9 Å². The van der Waals surface area contributed by atoms with Gasteiger partial charge in [-0.3, -0.25) is 23.3 Å². The molecule has 8 heteroatoms. The lowest BCUT2D eigenvalue weighted by molar-refractivity contribution is 0.616. The van der Waals surface area contributed by atoms with E-state index in [-0.39, 0.29) is 12.1 Å². The summed E-state index contributed by atoms with van der Waals surface area (Å²) >= 11 is 1.48. The van der Waals surface area contributed by atoms with Crippen molar-refractivity contribution in [2.45, 2.75) is 20.4 Å². The maximum atomic E-state index is 12.7. The fourth-order valence-corrected chi connectivity index (χ4v) is 3.47. The highest BCUT2D eigenvalue weighted by Gasteiger charge is 2.13. The Morgan fingerprint density at radius 1 is 1.13 bits per heavy atom. The lowest BCUT2D eigenvalue weighted by Gasteiger charge is -2.11. The molecule has 0 aliphatic heterocycles. The van der Waals surface area contributed by atoms with E-state index in [0.717, 1.165) is 15.0 Å². The maximum absolute atomic E-state index is 12.7. The van der Waals surface area contributed by atoms with Gasteiger partial charge in [-0.05, 0) is 19.4 Å². The number of rotatable bonds is 2. The Labute approximate surface area is 135 Å². The molecule has 0 aliphatic rings. The molecule has 0 N–H and O–H groups in total. The molecule has 0 unspecified atom stereocenters. The molecule has 0 atom stereocenters. The smallest absolute Gasteiger partial charge is 0.299 e. The minimum atomic E-state index is -0.419. The van der Waals surface area contributed by atoms with Gasteiger partial charge in [0.05, 0.1) is 18.3 Å². The van der Waals surface area contributed by atoms with Crippen LogP contribution in [0.3, 0.4) is 0 Å². The predicted molar refractivity (Wildman–Crippen MR) is 89.4 cm³/mol. The molecule has 0 radical (unpaired) electrons. The highest BCUT2D eigenvalue weighted by molar-refractivity contribution is 7.18. The lowest BCUT2D eigenvalue weighted by atomic mass is 10.2. The van der Waals surface area contributed by atoms with Crippen LogP contribution in [-0.2, 0) is 20.6 Å². The molecule has 0 spiro atoms. The first kappa shape index (κ1) is 15.4. The van der Waals surface area contributed by atoms with Gasteiger partial charge in [-0.2, -0.15) is 0 Å². The minimum Gasteiger partial charge on any atom is -0.299 e. The zero-order chi connectivity index (χ0) is 16.9. The van der Waals surface area contributed by atoms with Gasteiger partial charge < -0.3 is 0 Å². The van der Waals surface area contributed by atoms with Crippen LogP contribution in [0.4, 0.5) is 0 Å². The second-order valence-electron chi connectivity index (χ2n) is 5.52. The van der Waals surface area contributed by atoms with Crippen LogP contribution in [-0.4, -0.2) is 18.7 Å². The van der Waals surface area contributed by atoms with Gasteiger partial charge in [0.15, 0.2) is 0 Å². The molecule has 7 nitrogen and oxygen atoms in total. The van der Waals surface area contributed by atoms with Crippen molar-refractivity contribution in [2.24, 2.45) is 14.1 Å². The minimum absolute atomic E-state index is 0.123. The summed E-state index contributed by atoms with van der Waals surface area (Å²) in [6, 6.07) is 1.36. The van der Waals surface area contributed by atoms with Crippen molar-refractivity contribution >= 4 is 21.6 Å². The van der Waals surface area contributed by atoms with Crippen molar-refractivity contribution in [3.8, 4) is 0 Å². The molecule has 3 heterocycles. The summed E-state index contributed by atoms with van der Waals surface area (Å²) in [5.74, 6) is 0. The lowest BCUT2D eigenvalue weighted by Crippen LogP contribution is -2.39. The summed E-state index contributed by atoms with van der Waals surface area (Å²) < 4.78 is 3.82. The van der Waals surface area contributed by atoms with E-state index in [9.17, 15) is 14.4 Å². The Morgan fingerprint density at radius 2 is 1.83 bits per heavy atom. The summed E-state index contributed by atoms with van der Waals surface area (Å²) in [6.07, 6.45) is 1.46. The number of fused-ring (bicyclic) bond motifs is 1. The van der Waals surface area contributed by atoms with E-state index in [4.69, 9.17) is 0 Å². The van der Waals surface area contributed by atoms with Gasteiger partial charge in [-0.15, -0.1) is 11.3 Å². The van der Waals surface area contributed by atoms with Crippen molar-refractivity contribution in [1.82, 2.24) is 18.7 Å². The molecule has 0 fully saturated rings. The highest BCUT2D eigenvalue weighted by Crippen LogP contribution is 2.25. The van der Waals surface area contributed by atoms with Gasteiger partial charge in [0.25, 0.3) is 11.1 Å². The van der Waals surface area contributed by atoms with E-state index < -0.39 is 11.2 Å². The Balaban J connectivity index is 2.19. The van der Waals surface area contributed by atoms with Crippen LogP contribution in [0.1, 0.15) is 16.1 Å². The van der Waals surface area contributed by atoms with E-state index in [1.165, 1.54) is 39.9 Å². The Hall–Kier alpha value is -2.48. The third-order valence-electron chi connectivity index (χ3n) is 4.11. The van der Waals surface area contributed by atoms with Crippen LogP contribution < -0.4 is 16.8 Å². The second-order valence-corrected chi connectivity index (χ2v) is 6.72. The third-order valence-corrected chi connectivity index (χ3v) is 5.23. The zero-order valence-electron chi connectivity index (χ0n) is 13.3. The van der Waals surface area contributed by atoms with E-state index in [1.807, 2.05) is 13.8 Å². The third kappa shape index (κ3) is 2.35. The molecule has 0 aromatic carbocycles. The van der Waals surface area contributed by atoms with Gasteiger partial charge in [0.2, 0.25) is 0 Å². The molecule has 0 saturated carbocycles. The van der Waals surface area contributed by atoms with Crippen molar-refractivity contribution in [3.63, 3.8) is 0 Å². The number of nitrogens with zero attached hydrogens (tertiary/aromatic N) is 4. The fraction of sp³-hybridized carbons (Fsp3) is 0.333. The Bertz CT molecular complexity index is 1100. The highest BCUT2D eigenvalue weighted by atomic mass is 32.1. The summed E-state index contributed by atoms with van der Waals surface area (Å²) in [4.78, 5) is 42.5. The summed E-state index contributed by atoms with van der Waals surface area (Å²) in [6.45, 7) is 3.98. The van der Waals surface area contributed by atoms with Crippen LogP contribution in [0.15, 0.2) is 26.8 Å². The van der Waals surface area contributed by atoms with Gasteiger partial charge in [0, 0.05) is 30.7 Å². The fourth-order valence-electron chi connectivity index (χ4n) is 2.49. The van der Waals surface area contributed by atoms with E-state index in [2.05, 4.69) is 4.98 Å². The van der Waals surface area contributed by atoms with Crippen LogP contribution in [0.25, 0.3) is 10.2 Å². The first-order chi connectivity index (χ1) is 10.8. The first-order valence-electron chi connectivity index (χ1n) is 7.02. The molecule has 0 aliphatic carbocycles. The average Bonchev–Trinajstić information content (AvgIpc) is 2.81. The van der Waals surface area contributed by atoms with Crippen LogP contribution in [0.5, 0.6) is 0 Å². The van der Waals surface area contributed by atoms with Gasteiger partial charge >= 0.3 is 5.69 Å². The van der Waals surface area contributed by atoms with Crippen molar-refractivity contribution in [1.29, 1.82) is 0 Å². The molecular weight excluding hydrogens is 316 g/mol. The molecule has 23 heavy (non-hydrogen) atoms. The monoisotopic (exact) mass is 332 g/mol. The summed E-state index contributed by atoms with van der Waals surface area (Å²) in [5, 5.41) is 0.601. The molecular formula is C15H16N4O3S. The van der Waals surface area contributed by atoms with Crippen molar-refractivity contribution < 1.29 is 0 Å². The van der Waals surface area contributed by atoms with Crippen LogP contribution in [0.2, 0.25) is 0 Å². The molecule has 3 aromatic heterocycles. The predicted octanol–water partition coefficient (Wildman–Crippen LogP) is 0.521. The normalized spacial score (nSPS) is 11.3. The Kier molecular flexibility index (Phi) is 3.56. The van der Waals surface area contributed by atoms with Gasteiger partial charge in [-0.25, -0.2) is 9.78 Å². The molecule has 120 valence electrons. The number of aromatic nitrogens is 4. The van der Waals surface area contributed by atoms with E-state index in [0.29, 0.717) is 15.9 Å². The molecule has 0 bridgehead atoms. The Morgan fingerprint density at radius 3 is 2.52 bits per heavy atom. The van der Waals surface area contributed by atoms with Gasteiger partial charge in [-0.1, -0.05) is 0 Å². The summed E-state index contributed by atoms with van der Waals surface area (Å²) in [7, 11) is 3.00. The van der Waals surface area contributed by atoms with E-state index >= 15 is 0 Å². The molecule has 0 amide bonds. The summed E-state index contributed by atoms with van der Waals surface area (Å²) in [5.41, 5.74) is 0.413. The number of hydrogen-bond acceptors (Lipinski definition) is 5. The quantitative estimate of drug-likeness (QED) is 0.685. The average molecular weight is 332 g/mol. The number of aryl methyl sites for hydroxylation is 2.